The van der Waals surface area contributed by atoms with E-state index in [9.17, 15) is 42.7 Å². The number of carbonyl (C=O) groups is 5. The predicted octanol–water partition coefficient (Wildman–Crippen LogP) is 7.90. The summed E-state index contributed by atoms with van der Waals surface area (Å²) in [5.41, 5.74) is 6.37. The van der Waals surface area contributed by atoms with Crippen LogP contribution in [0.4, 0.5) is 8.78 Å². The summed E-state index contributed by atoms with van der Waals surface area (Å²) >= 11 is 4.88. The van der Waals surface area contributed by atoms with Crippen LogP contribution in [0.15, 0.2) is 87.7 Å². The first kappa shape index (κ1) is 60.5. The van der Waals surface area contributed by atoms with Gasteiger partial charge >= 0.3 is 0 Å². The number of unbranched alkanes of at least 4 members (excludes halogenated alkanes) is 2. The monoisotopic (exact) mass is 1180 g/mol. The number of pyridine rings is 1. The van der Waals surface area contributed by atoms with Gasteiger partial charge in [0, 0.05) is 87.0 Å². The van der Waals surface area contributed by atoms with Gasteiger partial charge in [0.05, 0.1) is 39.6 Å². The van der Waals surface area contributed by atoms with Crippen LogP contribution in [0.3, 0.4) is 0 Å². The first-order valence-corrected chi connectivity index (χ1v) is 28.4. The van der Waals surface area contributed by atoms with Gasteiger partial charge in [-0.15, -0.1) is 16.4 Å². The Hall–Kier alpha value is -7.17. The zero-order valence-electron chi connectivity index (χ0n) is 46.0. The molecule has 5 amide bonds. The van der Waals surface area contributed by atoms with E-state index in [1.54, 1.807) is 53.4 Å². The molecular formula is C58H69BrF2N10O8S. The van der Waals surface area contributed by atoms with Gasteiger partial charge < -0.3 is 36.0 Å². The lowest BCUT2D eigenvalue weighted by Gasteiger charge is -2.35. The van der Waals surface area contributed by atoms with Crippen LogP contribution in [-0.4, -0.2) is 102 Å². The van der Waals surface area contributed by atoms with Gasteiger partial charge in [-0.2, -0.15) is 0 Å². The van der Waals surface area contributed by atoms with Crippen molar-refractivity contribution < 1.29 is 42.6 Å². The number of β-amino-alcohol motifs (C(OH)–C–C–N with tert-alkyl or cyclic N) is 1. The number of likely N-dealkylation sites (tertiary alicyclic amines) is 1. The number of rotatable bonds is 24. The van der Waals surface area contributed by atoms with Crippen LogP contribution < -0.4 is 31.6 Å². The zero-order valence-corrected chi connectivity index (χ0v) is 48.4. The molecule has 3 aromatic carbocycles. The lowest BCUT2D eigenvalue weighted by atomic mass is 9.85. The summed E-state index contributed by atoms with van der Waals surface area (Å²) in [6.45, 7) is 13.8. The highest BCUT2D eigenvalue weighted by molar-refractivity contribution is 9.10. The number of aromatic nitrogens is 5. The molecule has 80 heavy (non-hydrogen) atoms. The lowest BCUT2D eigenvalue weighted by molar-refractivity contribution is -0.144. The summed E-state index contributed by atoms with van der Waals surface area (Å²) in [7, 11) is 0. The molecule has 3 aromatic heterocycles. The van der Waals surface area contributed by atoms with E-state index in [0.29, 0.717) is 67.8 Å². The van der Waals surface area contributed by atoms with Crippen molar-refractivity contribution in [3.8, 4) is 21.9 Å². The molecule has 0 radical (unpaired) electrons. The summed E-state index contributed by atoms with van der Waals surface area (Å²) < 4.78 is 36.5. The fourth-order valence-corrected chi connectivity index (χ4v) is 10.6. The van der Waals surface area contributed by atoms with Crippen molar-refractivity contribution in [2.24, 2.45) is 5.41 Å². The van der Waals surface area contributed by atoms with Crippen molar-refractivity contribution in [3.05, 3.63) is 144 Å². The predicted molar refractivity (Wildman–Crippen MR) is 303 cm³/mol. The fraction of sp³-hybridized carbons (Fsp3) is 0.431. The van der Waals surface area contributed by atoms with E-state index in [1.165, 1.54) is 15.5 Å². The van der Waals surface area contributed by atoms with E-state index < -0.39 is 46.7 Å². The first-order chi connectivity index (χ1) is 38.1. The first-order valence-electron chi connectivity index (χ1n) is 26.7. The van der Waals surface area contributed by atoms with Crippen LogP contribution in [-0.2, 0) is 38.8 Å². The van der Waals surface area contributed by atoms with E-state index in [0.717, 1.165) is 39.4 Å². The molecule has 4 atom stereocenters. The Morgan fingerprint density at radius 3 is 2.36 bits per heavy atom. The molecule has 18 nitrogen and oxygen atoms in total. The highest BCUT2D eigenvalue weighted by Gasteiger charge is 2.44. The van der Waals surface area contributed by atoms with Gasteiger partial charge in [0.2, 0.25) is 23.6 Å². The van der Waals surface area contributed by atoms with E-state index in [1.807, 2.05) is 71.3 Å². The van der Waals surface area contributed by atoms with E-state index in [2.05, 4.69) is 52.5 Å². The lowest BCUT2D eigenvalue weighted by Crippen LogP contribution is -2.57. The second-order valence-corrected chi connectivity index (χ2v) is 22.9. The Morgan fingerprint density at radius 2 is 1.65 bits per heavy atom. The quantitative estimate of drug-likeness (QED) is 0.0366. The minimum Gasteiger partial charge on any atom is -0.487 e. The molecule has 0 spiro atoms. The number of halogens is 3. The molecular weight excluding hydrogens is 1110 g/mol. The molecule has 7 rings (SSSR count). The van der Waals surface area contributed by atoms with Crippen molar-refractivity contribution in [2.45, 2.75) is 137 Å². The molecule has 0 saturated carbocycles. The normalized spacial score (nSPS) is 15.1. The molecule has 1 saturated heterocycles. The number of amides is 5. The number of nitrogens with one attached hydrogen (secondary N) is 4. The van der Waals surface area contributed by atoms with Crippen LogP contribution in [0.2, 0.25) is 0 Å². The Morgan fingerprint density at radius 1 is 0.900 bits per heavy atom. The van der Waals surface area contributed by atoms with Crippen LogP contribution >= 0.6 is 27.3 Å². The molecule has 0 bridgehead atoms. The van der Waals surface area contributed by atoms with E-state index in [4.69, 9.17) is 4.74 Å². The van der Waals surface area contributed by atoms with Crippen molar-refractivity contribution in [1.29, 1.82) is 0 Å². The standard InChI is InChI=1S/C58H69BrF2N10O8S/c1-34-14-15-40(27-46(34)71-35(2)26-48(51(59)56(71)77)79-32-41-20-21-42(60)28-45(41)61)54(75)63-24-22-43-30-69(68-67-43)25-11-13-49(73)62-23-10-8-9-12-50(74)66-53(58(5,6)7)57(78)70-31-44(72)29-47(70)55(76)65-36(3)38-16-18-39(19-17-38)52-37(4)64-33-80-52/h14-21,26-28,30,33,36,44,47,53,72H,8-13,22-25,29,31-32H2,1-7H3,(H,62,73)(H,63,75)(H,65,76)(H,66,74)/t36-,44+,47-,53+/m0/s1. The molecule has 426 valence electrons. The van der Waals surface area contributed by atoms with Gasteiger partial charge in [0.25, 0.3) is 11.5 Å². The zero-order chi connectivity index (χ0) is 57.8. The third-order valence-electron chi connectivity index (χ3n) is 13.9. The second kappa shape index (κ2) is 27.3. The van der Waals surface area contributed by atoms with Gasteiger partial charge in [-0.1, -0.05) is 62.7 Å². The number of nitrogens with zero attached hydrogens (tertiary/aromatic N) is 6. The SMILES string of the molecule is Cc1ccc(C(=O)NCCc2cn(CCCC(=O)NCCCCCC(=O)N[C@H](C(=O)N3C[C@H](O)C[C@H]3C(=O)N[C@@H](C)c3ccc(-c4scnc4C)cc3)C(C)(C)C)nn2)cc1-n1c(C)cc(OCc2ccc(F)cc2F)c(Br)c1=O. The molecule has 0 unspecified atom stereocenters. The Kier molecular flexibility index (Phi) is 20.7. The fourth-order valence-electron chi connectivity index (χ4n) is 9.39. The van der Waals surface area contributed by atoms with Crippen LogP contribution in [0.1, 0.15) is 123 Å². The molecule has 1 aliphatic heterocycles. The molecule has 6 aromatic rings. The number of aliphatic hydroxyl groups excluding tert-OH is 1. The van der Waals surface area contributed by atoms with Gasteiger partial charge in [-0.05, 0) is 109 Å². The minimum atomic E-state index is -0.935. The largest absolute Gasteiger partial charge is 0.487 e. The molecule has 1 fully saturated rings. The van der Waals surface area contributed by atoms with Crippen LogP contribution in [0.5, 0.6) is 5.75 Å². The van der Waals surface area contributed by atoms with Gasteiger partial charge in [0.1, 0.15) is 40.5 Å². The maximum absolute atomic E-state index is 14.2. The second-order valence-electron chi connectivity index (χ2n) is 21.3. The van der Waals surface area contributed by atoms with Gasteiger partial charge in [0.15, 0.2) is 0 Å². The van der Waals surface area contributed by atoms with E-state index >= 15 is 0 Å². The summed E-state index contributed by atoms with van der Waals surface area (Å²) in [5.74, 6) is -2.86. The number of thiazole rings is 1. The third-order valence-corrected chi connectivity index (χ3v) is 15.6. The van der Waals surface area contributed by atoms with Crippen LogP contribution in [0.25, 0.3) is 16.1 Å². The molecule has 22 heteroatoms. The van der Waals surface area contributed by atoms with Crippen molar-refractivity contribution in [1.82, 2.24) is 50.7 Å². The van der Waals surface area contributed by atoms with Gasteiger partial charge in [-0.25, -0.2) is 13.8 Å². The molecule has 5 N–H and O–H groups in total. The number of ether oxygens (including phenoxy) is 1. The summed E-state index contributed by atoms with van der Waals surface area (Å²) in [6, 6.07) is 15.5. The molecule has 0 aliphatic carbocycles. The summed E-state index contributed by atoms with van der Waals surface area (Å²) in [6.07, 6.45) is 4.17. The minimum absolute atomic E-state index is 0.0225. The van der Waals surface area contributed by atoms with E-state index in [-0.39, 0.29) is 84.4 Å². The topological polar surface area (TPSA) is 232 Å². The van der Waals surface area contributed by atoms with Crippen molar-refractivity contribution in [2.75, 3.05) is 19.6 Å². The Bertz CT molecular complexity index is 3250. The number of aliphatic hydroxyl groups is 1. The van der Waals surface area contributed by atoms with Crippen molar-refractivity contribution in [3.63, 3.8) is 0 Å². The molecule has 4 heterocycles. The average Bonchev–Trinajstić information content (AvgIpc) is 4.27. The van der Waals surface area contributed by atoms with Crippen LogP contribution in [0, 0.1) is 37.8 Å². The average molecular weight is 1180 g/mol. The number of aryl methyl sites for hydroxylation is 4. The highest BCUT2D eigenvalue weighted by Crippen LogP contribution is 2.31. The Balaban J connectivity index is 0.780. The number of benzene rings is 3. The summed E-state index contributed by atoms with van der Waals surface area (Å²) in [4.78, 5) is 87.3. The number of hydrogen-bond acceptors (Lipinski definition) is 12. The maximum atomic E-state index is 14.2. The maximum Gasteiger partial charge on any atom is 0.273 e. The summed E-state index contributed by atoms with van der Waals surface area (Å²) in [5, 5.41) is 30.8. The van der Waals surface area contributed by atoms with Crippen molar-refractivity contribution >= 4 is 56.8 Å². The number of carbonyl (C=O) groups excluding carboxylic acids is 5. The smallest absolute Gasteiger partial charge is 0.273 e. The third kappa shape index (κ3) is 15.8. The number of hydrogen-bond donors (Lipinski definition) is 5. The van der Waals surface area contributed by atoms with Gasteiger partial charge in [-0.3, -0.25) is 38.0 Å². The highest BCUT2D eigenvalue weighted by atomic mass is 79.9. The Labute approximate surface area is 476 Å². The molecule has 1 aliphatic rings.